The van der Waals surface area contributed by atoms with Crippen LogP contribution in [-0.4, -0.2) is 24.5 Å². The van der Waals surface area contributed by atoms with Gasteiger partial charge in [-0.2, -0.15) is 0 Å². The molecule has 8 heteroatoms. The van der Waals surface area contributed by atoms with Crippen molar-refractivity contribution >= 4 is 68.1 Å². The van der Waals surface area contributed by atoms with Crippen LogP contribution in [0.25, 0.3) is 6.08 Å². The Morgan fingerprint density at radius 2 is 1.80 bits per heavy atom. The first-order valence-electron chi connectivity index (χ1n) is 8.93. The molecule has 0 aromatic heterocycles. The van der Waals surface area contributed by atoms with Gasteiger partial charge in [-0.05, 0) is 99.4 Å². The number of nitrogens with zero attached hydrogens (tertiary/aromatic N) is 1. The molecule has 1 N–H and O–H groups in total. The van der Waals surface area contributed by atoms with Crippen LogP contribution in [0.3, 0.4) is 0 Å². The van der Waals surface area contributed by atoms with Gasteiger partial charge in [0.1, 0.15) is 17.9 Å². The van der Waals surface area contributed by atoms with Gasteiger partial charge in [-0.15, -0.1) is 0 Å². The molecule has 1 fully saturated rings. The highest BCUT2D eigenvalue weighted by molar-refractivity contribution is 14.1. The van der Waals surface area contributed by atoms with Gasteiger partial charge in [0.25, 0.3) is 11.8 Å². The quantitative estimate of drug-likeness (QED) is 0.236. The number of ether oxygens (including phenoxy) is 1. The van der Waals surface area contributed by atoms with Crippen molar-refractivity contribution in [3.8, 4) is 5.75 Å². The maximum Gasteiger partial charge on any atom is 0.335 e. The van der Waals surface area contributed by atoms with Crippen molar-refractivity contribution in [2.45, 2.75) is 13.8 Å². The van der Waals surface area contributed by atoms with Crippen LogP contribution in [-0.2, 0) is 9.59 Å². The molecule has 4 amide bonds. The number of rotatable bonds is 5. The summed E-state index contributed by atoms with van der Waals surface area (Å²) in [6.45, 7) is 7.73. The molecule has 0 atom stereocenters. The first kappa shape index (κ1) is 22.2. The maximum absolute atomic E-state index is 13.1. The van der Waals surface area contributed by atoms with Crippen LogP contribution in [0.2, 0.25) is 0 Å². The fraction of sp³-hybridized carbons (Fsp3) is 0.136. The van der Waals surface area contributed by atoms with Crippen LogP contribution in [0.4, 0.5) is 10.5 Å². The van der Waals surface area contributed by atoms with E-state index in [1.165, 1.54) is 6.08 Å². The average molecular weight is 581 g/mol. The minimum atomic E-state index is -0.768. The Kier molecular flexibility index (Phi) is 6.77. The number of carbonyl (C=O) groups excluding carboxylic acids is 3. The molecular formula is C22H18BrIN2O4. The Labute approximate surface area is 196 Å². The van der Waals surface area contributed by atoms with Crippen LogP contribution in [0.15, 0.2) is 53.0 Å². The number of aryl methyl sites for hydroxylation is 2. The first-order chi connectivity index (χ1) is 14.2. The molecule has 30 heavy (non-hydrogen) atoms. The molecule has 1 aliphatic heterocycles. The number of nitrogens with one attached hydrogen (secondary N) is 1. The zero-order chi connectivity index (χ0) is 22.0. The summed E-state index contributed by atoms with van der Waals surface area (Å²) in [5.41, 5.74) is 2.71. The highest BCUT2D eigenvalue weighted by Crippen LogP contribution is 2.33. The Bertz CT molecular complexity index is 1070. The molecule has 1 aliphatic rings. The molecule has 1 saturated heterocycles. The summed E-state index contributed by atoms with van der Waals surface area (Å²) < 4.78 is 7.09. The third-order valence-corrected chi connectivity index (χ3v) is 5.63. The van der Waals surface area contributed by atoms with Crippen molar-refractivity contribution < 1.29 is 19.1 Å². The Morgan fingerprint density at radius 3 is 2.40 bits per heavy atom. The maximum atomic E-state index is 13.1. The molecule has 2 aromatic carbocycles. The minimum absolute atomic E-state index is 0.129. The summed E-state index contributed by atoms with van der Waals surface area (Å²) in [5, 5.41) is 2.25. The SMILES string of the molecule is C=CCOc1c(Br)cc(/C=C2\C(=O)NC(=O)N(c3cc(C)cc(C)c3)C2=O)cc1I. The lowest BCUT2D eigenvalue weighted by atomic mass is 10.1. The van der Waals surface area contributed by atoms with Gasteiger partial charge in [-0.1, -0.05) is 18.7 Å². The summed E-state index contributed by atoms with van der Waals surface area (Å²) in [6, 6.07) is 8.15. The number of hydrogen-bond acceptors (Lipinski definition) is 4. The second-order valence-corrected chi connectivity index (χ2v) is 8.73. The van der Waals surface area contributed by atoms with Crippen LogP contribution in [0.5, 0.6) is 5.75 Å². The van der Waals surface area contributed by atoms with E-state index in [9.17, 15) is 14.4 Å². The molecule has 1 heterocycles. The monoisotopic (exact) mass is 580 g/mol. The predicted molar refractivity (Wildman–Crippen MR) is 127 cm³/mol. The van der Waals surface area contributed by atoms with E-state index in [0.29, 0.717) is 28.1 Å². The molecule has 6 nitrogen and oxygen atoms in total. The Balaban J connectivity index is 2.01. The van der Waals surface area contributed by atoms with Gasteiger partial charge >= 0.3 is 6.03 Å². The van der Waals surface area contributed by atoms with Crippen molar-refractivity contribution in [1.29, 1.82) is 0 Å². The van der Waals surface area contributed by atoms with Gasteiger partial charge in [0.05, 0.1) is 13.7 Å². The van der Waals surface area contributed by atoms with Crippen molar-refractivity contribution in [2.24, 2.45) is 0 Å². The van der Waals surface area contributed by atoms with E-state index in [1.807, 2.05) is 19.9 Å². The number of amides is 4. The van der Waals surface area contributed by atoms with E-state index in [-0.39, 0.29) is 5.57 Å². The van der Waals surface area contributed by atoms with Crippen molar-refractivity contribution in [3.05, 3.63) is 73.3 Å². The van der Waals surface area contributed by atoms with Gasteiger partial charge in [-0.25, -0.2) is 9.69 Å². The van der Waals surface area contributed by atoms with Crippen LogP contribution in [0, 0.1) is 17.4 Å². The lowest BCUT2D eigenvalue weighted by Gasteiger charge is -2.27. The highest BCUT2D eigenvalue weighted by atomic mass is 127. The van der Waals surface area contributed by atoms with Gasteiger partial charge in [0, 0.05) is 0 Å². The number of halogens is 2. The molecule has 2 aromatic rings. The Hall–Kier alpha value is -2.46. The number of anilines is 1. The predicted octanol–water partition coefficient (Wildman–Crippen LogP) is 4.90. The molecule has 0 unspecified atom stereocenters. The summed E-state index contributed by atoms with van der Waals surface area (Å²) >= 11 is 5.57. The lowest BCUT2D eigenvalue weighted by molar-refractivity contribution is -0.122. The van der Waals surface area contributed by atoms with Crippen molar-refractivity contribution in [2.75, 3.05) is 11.5 Å². The van der Waals surface area contributed by atoms with Crippen LogP contribution in [0.1, 0.15) is 16.7 Å². The number of barbiturate groups is 1. The second kappa shape index (κ2) is 9.13. The van der Waals surface area contributed by atoms with Crippen LogP contribution >= 0.6 is 38.5 Å². The normalized spacial score (nSPS) is 15.4. The fourth-order valence-electron chi connectivity index (χ4n) is 3.08. The van der Waals surface area contributed by atoms with E-state index in [0.717, 1.165) is 19.6 Å². The second-order valence-electron chi connectivity index (χ2n) is 6.72. The average Bonchev–Trinajstić information content (AvgIpc) is 2.63. The molecule has 0 bridgehead atoms. The molecule has 154 valence electrons. The van der Waals surface area contributed by atoms with Gasteiger partial charge in [-0.3, -0.25) is 14.9 Å². The third kappa shape index (κ3) is 4.65. The van der Waals surface area contributed by atoms with Crippen molar-refractivity contribution in [3.63, 3.8) is 0 Å². The van der Waals surface area contributed by atoms with Gasteiger partial charge in [0.2, 0.25) is 0 Å². The first-order valence-corrected chi connectivity index (χ1v) is 10.8. The standard InChI is InChI=1S/C22H18BrIN2O4/c1-4-5-30-19-17(23)10-14(11-18(19)24)9-16-20(27)25-22(29)26(21(16)28)15-7-12(2)6-13(3)8-15/h4,6-11H,1,5H2,2-3H3,(H,25,27,29)/b16-9+. The van der Waals surface area contributed by atoms with E-state index >= 15 is 0 Å². The van der Waals surface area contributed by atoms with Gasteiger partial charge in [0.15, 0.2) is 0 Å². The number of urea groups is 1. The van der Waals surface area contributed by atoms with E-state index < -0.39 is 17.8 Å². The zero-order valence-corrected chi connectivity index (χ0v) is 20.0. The van der Waals surface area contributed by atoms with E-state index in [4.69, 9.17) is 4.74 Å². The topological polar surface area (TPSA) is 75.7 Å². The number of imide groups is 2. The number of carbonyl (C=O) groups is 3. The molecule has 0 saturated carbocycles. The fourth-order valence-corrected chi connectivity index (χ4v) is 4.85. The number of benzene rings is 2. The largest absolute Gasteiger partial charge is 0.487 e. The smallest absolute Gasteiger partial charge is 0.335 e. The van der Waals surface area contributed by atoms with Crippen LogP contribution < -0.4 is 15.0 Å². The summed E-state index contributed by atoms with van der Waals surface area (Å²) in [4.78, 5) is 38.9. The summed E-state index contributed by atoms with van der Waals surface area (Å²) in [6.07, 6.45) is 3.10. The molecule has 0 radical (unpaired) electrons. The highest BCUT2D eigenvalue weighted by Gasteiger charge is 2.37. The van der Waals surface area contributed by atoms with E-state index in [2.05, 4.69) is 50.4 Å². The minimum Gasteiger partial charge on any atom is -0.487 e. The van der Waals surface area contributed by atoms with E-state index in [1.54, 1.807) is 30.3 Å². The van der Waals surface area contributed by atoms with Crippen molar-refractivity contribution in [1.82, 2.24) is 5.32 Å². The molecular weight excluding hydrogens is 563 g/mol. The molecule has 3 rings (SSSR count). The summed E-state index contributed by atoms with van der Waals surface area (Å²) in [7, 11) is 0. The summed E-state index contributed by atoms with van der Waals surface area (Å²) in [5.74, 6) is -0.764. The zero-order valence-electron chi connectivity index (χ0n) is 16.3. The third-order valence-electron chi connectivity index (χ3n) is 4.24. The number of hydrogen-bond donors (Lipinski definition) is 1. The molecule has 0 spiro atoms. The molecule has 0 aliphatic carbocycles. The Morgan fingerprint density at radius 1 is 1.13 bits per heavy atom. The lowest BCUT2D eigenvalue weighted by Crippen LogP contribution is -2.54. The van der Waals surface area contributed by atoms with Gasteiger partial charge < -0.3 is 4.74 Å².